The van der Waals surface area contributed by atoms with Crippen LogP contribution in [0, 0.1) is 6.92 Å². The van der Waals surface area contributed by atoms with E-state index in [9.17, 15) is 0 Å². The molecule has 0 amide bonds. The van der Waals surface area contributed by atoms with Crippen molar-refractivity contribution in [2.45, 2.75) is 19.6 Å². The number of hydrogen-bond donors (Lipinski definition) is 1. The predicted molar refractivity (Wildman–Crippen MR) is 63.8 cm³/mol. The van der Waals surface area contributed by atoms with Gasteiger partial charge in [-0.25, -0.2) is 0 Å². The van der Waals surface area contributed by atoms with Crippen LogP contribution < -0.4 is 5.32 Å². The number of rotatable bonds is 5. The number of furan rings is 2. The topological polar surface area (TPSA) is 47.5 Å². The molecular weight excluding hydrogens is 218 g/mol. The van der Waals surface area contributed by atoms with E-state index in [1.165, 1.54) is 0 Å². The second-order valence-electron chi connectivity index (χ2n) is 3.93. The molecule has 1 atom stereocenters. The van der Waals surface area contributed by atoms with Crippen molar-refractivity contribution in [1.82, 2.24) is 5.32 Å². The third-order valence-electron chi connectivity index (χ3n) is 2.71. The fourth-order valence-corrected chi connectivity index (χ4v) is 1.85. The van der Waals surface area contributed by atoms with E-state index in [4.69, 9.17) is 13.6 Å². The summed E-state index contributed by atoms with van der Waals surface area (Å²) >= 11 is 0. The third kappa shape index (κ3) is 2.43. The second-order valence-corrected chi connectivity index (χ2v) is 3.93. The first-order valence-corrected chi connectivity index (χ1v) is 5.55. The van der Waals surface area contributed by atoms with Crippen molar-refractivity contribution in [2.75, 3.05) is 14.2 Å². The van der Waals surface area contributed by atoms with E-state index in [0.29, 0.717) is 6.61 Å². The molecule has 92 valence electrons. The van der Waals surface area contributed by atoms with Crippen molar-refractivity contribution in [3.63, 3.8) is 0 Å². The highest BCUT2D eigenvalue weighted by Crippen LogP contribution is 2.26. The molecule has 0 radical (unpaired) electrons. The van der Waals surface area contributed by atoms with Gasteiger partial charge in [0.25, 0.3) is 0 Å². The number of nitrogens with one attached hydrogen (secondary N) is 1. The van der Waals surface area contributed by atoms with Crippen LogP contribution in [0.25, 0.3) is 0 Å². The predicted octanol–water partition coefficient (Wildman–Crippen LogP) is 2.64. The molecule has 4 nitrogen and oxygen atoms in total. The molecule has 0 fully saturated rings. The number of hydrogen-bond acceptors (Lipinski definition) is 4. The molecule has 17 heavy (non-hydrogen) atoms. The molecule has 1 N–H and O–H groups in total. The molecule has 2 heterocycles. The van der Waals surface area contributed by atoms with Crippen LogP contribution in [0.5, 0.6) is 0 Å². The van der Waals surface area contributed by atoms with Gasteiger partial charge in [0.05, 0.1) is 6.26 Å². The molecule has 0 aliphatic heterocycles. The Morgan fingerprint density at radius 2 is 2.18 bits per heavy atom. The van der Waals surface area contributed by atoms with E-state index < -0.39 is 0 Å². The first-order chi connectivity index (χ1) is 8.26. The monoisotopic (exact) mass is 235 g/mol. The van der Waals surface area contributed by atoms with Gasteiger partial charge in [-0.05, 0) is 37.7 Å². The summed E-state index contributed by atoms with van der Waals surface area (Å²) in [6.07, 6.45) is 1.69. The van der Waals surface area contributed by atoms with E-state index >= 15 is 0 Å². The first kappa shape index (κ1) is 12.0. The van der Waals surface area contributed by atoms with Gasteiger partial charge in [-0.3, -0.25) is 0 Å². The number of aryl methyl sites for hydroxylation is 1. The van der Waals surface area contributed by atoms with Crippen LogP contribution in [0.1, 0.15) is 28.9 Å². The van der Waals surface area contributed by atoms with Crippen LogP contribution >= 0.6 is 0 Å². The minimum Gasteiger partial charge on any atom is -0.467 e. The zero-order valence-corrected chi connectivity index (χ0v) is 10.3. The fourth-order valence-electron chi connectivity index (χ4n) is 1.85. The van der Waals surface area contributed by atoms with Crippen LogP contribution in [0.2, 0.25) is 0 Å². The Hall–Kier alpha value is -1.52. The van der Waals surface area contributed by atoms with Gasteiger partial charge in [0.1, 0.15) is 29.9 Å². The summed E-state index contributed by atoms with van der Waals surface area (Å²) in [7, 11) is 3.53. The molecule has 0 aromatic carbocycles. The van der Waals surface area contributed by atoms with E-state index in [1.807, 2.05) is 32.2 Å². The van der Waals surface area contributed by atoms with Crippen LogP contribution in [0.4, 0.5) is 0 Å². The highest BCUT2D eigenvalue weighted by Gasteiger charge is 2.20. The lowest BCUT2D eigenvalue weighted by atomic mass is 10.1. The standard InChI is InChI=1S/C13H17NO3/c1-9-6-7-16-13(9)12(14-2)11-5-4-10(17-11)8-15-3/h4-7,12,14H,8H2,1-3H3. The van der Waals surface area contributed by atoms with Crippen molar-refractivity contribution in [3.05, 3.63) is 47.3 Å². The first-order valence-electron chi connectivity index (χ1n) is 5.55. The average Bonchev–Trinajstić information content (AvgIpc) is 2.92. The molecule has 0 aliphatic rings. The summed E-state index contributed by atoms with van der Waals surface area (Å²) < 4.78 is 16.2. The van der Waals surface area contributed by atoms with Crippen LogP contribution in [0.3, 0.4) is 0 Å². The van der Waals surface area contributed by atoms with Crippen molar-refractivity contribution in [1.29, 1.82) is 0 Å². The Labute approximate surface area is 101 Å². The van der Waals surface area contributed by atoms with Gasteiger partial charge in [-0.1, -0.05) is 0 Å². The highest BCUT2D eigenvalue weighted by molar-refractivity contribution is 5.26. The van der Waals surface area contributed by atoms with Gasteiger partial charge in [-0.15, -0.1) is 0 Å². The van der Waals surface area contributed by atoms with Crippen LogP contribution in [-0.2, 0) is 11.3 Å². The third-order valence-corrected chi connectivity index (χ3v) is 2.71. The molecule has 0 saturated heterocycles. The summed E-state index contributed by atoms with van der Waals surface area (Å²) in [5, 5.41) is 3.19. The van der Waals surface area contributed by atoms with Gasteiger partial charge < -0.3 is 18.9 Å². The van der Waals surface area contributed by atoms with E-state index in [-0.39, 0.29) is 6.04 Å². The smallest absolute Gasteiger partial charge is 0.131 e. The second kappa shape index (κ2) is 5.21. The van der Waals surface area contributed by atoms with Gasteiger partial charge in [-0.2, -0.15) is 0 Å². The van der Waals surface area contributed by atoms with E-state index in [2.05, 4.69) is 5.32 Å². The zero-order chi connectivity index (χ0) is 12.3. The molecule has 0 aliphatic carbocycles. The molecule has 0 spiro atoms. The molecule has 4 heteroatoms. The Bertz CT molecular complexity index is 472. The molecule has 0 saturated carbocycles. The van der Waals surface area contributed by atoms with Crippen LogP contribution in [0.15, 0.2) is 33.3 Å². The molecule has 2 aromatic heterocycles. The van der Waals surface area contributed by atoms with Crippen molar-refractivity contribution < 1.29 is 13.6 Å². The Balaban J connectivity index is 2.26. The summed E-state index contributed by atoms with van der Waals surface area (Å²) in [6, 6.07) is 5.74. The Morgan fingerprint density at radius 3 is 2.76 bits per heavy atom. The normalized spacial score (nSPS) is 12.9. The van der Waals surface area contributed by atoms with Crippen molar-refractivity contribution in [3.8, 4) is 0 Å². The van der Waals surface area contributed by atoms with E-state index in [0.717, 1.165) is 22.8 Å². The lowest BCUT2D eigenvalue weighted by Gasteiger charge is -2.11. The Morgan fingerprint density at radius 1 is 1.35 bits per heavy atom. The van der Waals surface area contributed by atoms with Gasteiger partial charge in [0, 0.05) is 7.11 Å². The average molecular weight is 235 g/mol. The lowest BCUT2D eigenvalue weighted by molar-refractivity contribution is 0.161. The van der Waals surface area contributed by atoms with Crippen molar-refractivity contribution >= 4 is 0 Å². The van der Waals surface area contributed by atoms with Gasteiger partial charge >= 0.3 is 0 Å². The van der Waals surface area contributed by atoms with Crippen molar-refractivity contribution in [2.24, 2.45) is 0 Å². The molecule has 2 rings (SSSR count). The van der Waals surface area contributed by atoms with Crippen LogP contribution in [-0.4, -0.2) is 14.2 Å². The lowest BCUT2D eigenvalue weighted by Crippen LogP contribution is -2.17. The quantitative estimate of drug-likeness (QED) is 0.865. The fraction of sp³-hybridized carbons (Fsp3) is 0.385. The maximum Gasteiger partial charge on any atom is 0.131 e. The van der Waals surface area contributed by atoms with Gasteiger partial charge in [0.2, 0.25) is 0 Å². The summed E-state index contributed by atoms with van der Waals surface area (Å²) in [5.41, 5.74) is 1.11. The SMILES string of the molecule is CNC(c1ccc(COC)o1)c1occc1C. The van der Waals surface area contributed by atoms with E-state index in [1.54, 1.807) is 13.4 Å². The molecule has 1 unspecified atom stereocenters. The largest absolute Gasteiger partial charge is 0.467 e. The van der Waals surface area contributed by atoms with Gasteiger partial charge in [0.15, 0.2) is 0 Å². The zero-order valence-electron chi connectivity index (χ0n) is 10.3. The summed E-state index contributed by atoms with van der Waals surface area (Å²) in [5.74, 6) is 2.52. The Kier molecular flexibility index (Phi) is 3.66. The molecule has 0 bridgehead atoms. The molecular formula is C13H17NO3. The maximum atomic E-state index is 5.71. The number of methoxy groups -OCH3 is 1. The highest BCUT2D eigenvalue weighted by atomic mass is 16.5. The number of ether oxygens (including phenoxy) is 1. The maximum absolute atomic E-state index is 5.71. The minimum atomic E-state index is -0.0596. The molecule has 2 aromatic rings. The summed E-state index contributed by atoms with van der Waals surface area (Å²) in [6.45, 7) is 2.50. The minimum absolute atomic E-state index is 0.0596. The summed E-state index contributed by atoms with van der Waals surface area (Å²) in [4.78, 5) is 0.